The first kappa shape index (κ1) is 11.1. The van der Waals surface area contributed by atoms with Crippen LogP contribution in [0.25, 0.3) is 0 Å². The van der Waals surface area contributed by atoms with Gasteiger partial charge in [-0.25, -0.2) is 0 Å². The van der Waals surface area contributed by atoms with Gasteiger partial charge in [0.2, 0.25) is 0 Å². The van der Waals surface area contributed by atoms with Gasteiger partial charge in [0.15, 0.2) is 0 Å². The summed E-state index contributed by atoms with van der Waals surface area (Å²) in [5.41, 5.74) is 2.14. The molecule has 0 saturated carbocycles. The largest absolute Gasteiger partial charge is 0.507 e. The molecule has 0 aromatic heterocycles. The lowest BCUT2D eigenvalue weighted by molar-refractivity contribution is 0.452. The zero-order chi connectivity index (χ0) is 10.7. The summed E-state index contributed by atoms with van der Waals surface area (Å²) in [6, 6.07) is 6.07. The molecule has 0 aliphatic carbocycles. The molecule has 78 valence electrons. The minimum Gasteiger partial charge on any atom is -0.507 e. The summed E-state index contributed by atoms with van der Waals surface area (Å²) in [4.78, 5) is 0. The van der Waals surface area contributed by atoms with Crippen LogP contribution in [0.3, 0.4) is 0 Å². The van der Waals surface area contributed by atoms with Gasteiger partial charge >= 0.3 is 0 Å². The fraction of sp³-hybridized carbons (Fsp3) is 0.538. The molecule has 1 heteroatoms. The minimum atomic E-state index is 0.388. The molecule has 0 fully saturated rings. The van der Waals surface area contributed by atoms with Crippen LogP contribution < -0.4 is 0 Å². The molecule has 0 amide bonds. The monoisotopic (exact) mass is 192 g/mol. The third-order valence-electron chi connectivity index (χ3n) is 2.86. The van der Waals surface area contributed by atoms with E-state index in [4.69, 9.17) is 0 Å². The second-order valence-electron chi connectivity index (χ2n) is 4.25. The molecule has 1 atom stereocenters. The van der Waals surface area contributed by atoms with Crippen LogP contribution in [0.15, 0.2) is 18.2 Å². The van der Waals surface area contributed by atoms with Gasteiger partial charge in [0, 0.05) is 0 Å². The van der Waals surface area contributed by atoms with E-state index in [9.17, 15) is 5.11 Å². The maximum atomic E-state index is 10.1. The SMILES string of the molecule is CC[C@H](C)c1cccc(C(C)C)c1O. The Morgan fingerprint density at radius 2 is 1.71 bits per heavy atom. The maximum Gasteiger partial charge on any atom is 0.122 e. The lowest BCUT2D eigenvalue weighted by atomic mass is 9.92. The van der Waals surface area contributed by atoms with Crippen molar-refractivity contribution in [1.82, 2.24) is 0 Å². The number of hydrogen-bond acceptors (Lipinski definition) is 1. The molecule has 14 heavy (non-hydrogen) atoms. The van der Waals surface area contributed by atoms with E-state index in [2.05, 4.69) is 27.7 Å². The Morgan fingerprint density at radius 1 is 1.14 bits per heavy atom. The van der Waals surface area contributed by atoms with E-state index < -0.39 is 0 Å². The Bertz CT molecular complexity index is 302. The average Bonchev–Trinajstić information content (AvgIpc) is 2.16. The number of benzene rings is 1. The van der Waals surface area contributed by atoms with Crippen LogP contribution in [0.1, 0.15) is 57.1 Å². The first-order valence-electron chi connectivity index (χ1n) is 5.39. The van der Waals surface area contributed by atoms with Crippen LogP contribution in [0.5, 0.6) is 5.75 Å². The highest BCUT2D eigenvalue weighted by molar-refractivity contribution is 5.43. The van der Waals surface area contributed by atoms with Gasteiger partial charge in [0.1, 0.15) is 5.75 Å². The average molecular weight is 192 g/mol. The first-order valence-corrected chi connectivity index (χ1v) is 5.39. The summed E-state index contributed by atoms with van der Waals surface area (Å²) in [6.45, 7) is 8.51. The highest BCUT2D eigenvalue weighted by Crippen LogP contribution is 2.34. The molecule has 1 aromatic carbocycles. The van der Waals surface area contributed by atoms with E-state index in [1.807, 2.05) is 18.2 Å². The highest BCUT2D eigenvalue weighted by Gasteiger charge is 2.13. The summed E-state index contributed by atoms with van der Waals surface area (Å²) in [5, 5.41) is 10.1. The standard InChI is InChI=1S/C13H20O/c1-5-10(4)12-8-6-7-11(9(2)3)13(12)14/h6-10,14H,5H2,1-4H3/t10-/m0/s1. The number of aromatic hydroxyl groups is 1. The van der Waals surface area contributed by atoms with Crippen LogP contribution in [-0.2, 0) is 0 Å². The molecule has 0 aliphatic heterocycles. The van der Waals surface area contributed by atoms with Crippen molar-refractivity contribution in [3.8, 4) is 5.75 Å². The van der Waals surface area contributed by atoms with Crippen molar-refractivity contribution < 1.29 is 5.11 Å². The molecule has 0 heterocycles. The van der Waals surface area contributed by atoms with Gasteiger partial charge in [-0.2, -0.15) is 0 Å². The molecule has 1 rings (SSSR count). The molecule has 1 N–H and O–H groups in total. The highest BCUT2D eigenvalue weighted by atomic mass is 16.3. The van der Waals surface area contributed by atoms with Crippen LogP contribution >= 0.6 is 0 Å². The van der Waals surface area contributed by atoms with Crippen molar-refractivity contribution >= 4 is 0 Å². The molecular formula is C13H20O. The third-order valence-corrected chi connectivity index (χ3v) is 2.86. The number of phenols is 1. The van der Waals surface area contributed by atoms with Gasteiger partial charge in [0.05, 0.1) is 0 Å². The van der Waals surface area contributed by atoms with Crippen molar-refractivity contribution in [1.29, 1.82) is 0 Å². The summed E-state index contributed by atoms with van der Waals surface area (Å²) < 4.78 is 0. The van der Waals surface area contributed by atoms with Crippen LogP contribution in [0.2, 0.25) is 0 Å². The van der Waals surface area contributed by atoms with Crippen LogP contribution in [0.4, 0.5) is 0 Å². The van der Waals surface area contributed by atoms with Crippen molar-refractivity contribution in [2.45, 2.75) is 46.0 Å². The smallest absolute Gasteiger partial charge is 0.122 e. The van der Waals surface area contributed by atoms with Gasteiger partial charge in [-0.15, -0.1) is 0 Å². The Kier molecular flexibility index (Phi) is 3.56. The van der Waals surface area contributed by atoms with Crippen molar-refractivity contribution in [3.05, 3.63) is 29.3 Å². The zero-order valence-corrected chi connectivity index (χ0v) is 9.54. The molecular weight excluding hydrogens is 172 g/mol. The Morgan fingerprint density at radius 3 is 2.21 bits per heavy atom. The second-order valence-corrected chi connectivity index (χ2v) is 4.25. The van der Waals surface area contributed by atoms with Gasteiger partial charge in [-0.3, -0.25) is 0 Å². The first-order chi connectivity index (χ1) is 6.57. The quantitative estimate of drug-likeness (QED) is 0.766. The van der Waals surface area contributed by atoms with E-state index in [1.165, 1.54) is 0 Å². The molecule has 1 aromatic rings. The Labute approximate surface area is 86.8 Å². The van der Waals surface area contributed by atoms with Gasteiger partial charge in [-0.1, -0.05) is 45.9 Å². The summed E-state index contributed by atoms with van der Waals surface area (Å²) in [5.74, 6) is 1.32. The predicted octanol–water partition coefficient (Wildman–Crippen LogP) is 4.03. The minimum absolute atomic E-state index is 0.388. The van der Waals surface area contributed by atoms with E-state index in [1.54, 1.807) is 0 Å². The van der Waals surface area contributed by atoms with E-state index in [0.29, 0.717) is 17.6 Å². The molecule has 0 bridgehead atoms. The number of hydrogen-bond donors (Lipinski definition) is 1. The lowest BCUT2D eigenvalue weighted by Gasteiger charge is -2.16. The van der Waals surface area contributed by atoms with Crippen LogP contribution in [0, 0.1) is 0 Å². The molecule has 1 nitrogen and oxygen atoms in total. The zero-order valence-electron chi connectivity index (χ0n) is 9.54. The van der Waals surface area contributed by atoms with Gasteiger partial charge in [-0.05, 0) is 29.4 Å². The molecule has 0 saturated heterocycles. The van der Waals surface area contributed by atoms with Gasteiger partial charge < -0.3 is 5.11 Å². The molecule has 0 radical (unpaired) electrons. The number of rotatable bonds is 3. The molecule has 0 spiro atoms. The summed E-state index contributed by atoms with van der Waals surface area (Å²) in [6.07, 6.45) is 1.06. The lowest BCUT2D eigenvalue weighted by Crippen LogP contribution is -1.96. The van der Waals surface area contributed by atoms with Crippen LogP contribution in [-0.4, -0.2) is 5.11 Å². The van der Waals surface area contributed by atoms with Gasteiger partial charge in [0.25, 0.3) is 0 Å². The molecule has 0 unspecified atom stereocenters. The number of para-hydroxylation sites is 1. The Hall–Kier alpha value is -0.980. The fourth-order valence-corrected chi connectivity index (χ4v) is 1.66. The summed E-state index contributed by atoms with van der Waals surface area (Å²) in [7, 11) is 0. The molecule has 0 aliphatic rings. The van der Waals surface area contributed by atoms with E-state index >= 15 is 0 Å². The maximum absolute atomic E-state index is 10.1. The topological polar surface area (TPSA) is 20.2 Å². The summed E-state index contributed by atoms with van der Waals surface area (Å²) >= 11 is 0. The fourth-order valence-electron chi connectivity index (χ4n) is 1.66. The number of phenolic OH excluding ortho intramolecular Hbond substituents is 1. The Balaban J connectivity index is 3.13. The second kappa shape index (κ2) is 4.50. The van der Waals surface area contributed by atoms with Crippen molar-refractivity contribution in [2.75, 3.05) is 0 Å². The van der Waals surface area contributed by atoms with Crippen molar-refractivity contribution in [3.63, 3.8) is 0 Å². The third kappa shape index (κ3) is 2.09. The van der Waals surface area contributed by atoms with Crippen molar-refractivity contribution in [2.24, 2.45) is 0 Å². The normalized spacial score (nSPS) is 13.2. The predicted molar refractivity (Wildman–Crippen MR) is 60.9 cm³/mol. The van der Waals surface area contributed by atoms with E-state index in [0.717, 1.165) is 17.5 Å². The van der Waals surface area contributed by atoms with E-state index in [-0.39, 0.29) is 0 Å².